The number of benzene rings is 1. The van der Waals surface area contributed by atoms with E-state index < -0.39 is 28.0 Å². The number of carbonyl (C=O) groups excluding carboxylic acids is 2. The third kappa shape index (κ3) is 4.40. The van der Waals surface area contributed by atoms with Crippen LogP contribution in [0.1, 0.15) is 46.4 Å². The third-order valence-corrected chi connectivity index (χ3v) is 6.16. The van der Waals surface area contributed by atoms with Crippen molar-refractivity contribution in [3.8, 4) is 0 Å². The first-order valence-corrected chi connectivity index (χ1v) is 9.85. The lowest BCUT2D eigenvalue weighted by atomic mass is 9.99. The minimum absolute atomic E-state index is 0.0192. The van der Waals surface area contributed by atoms with Gasteiger partial charge in [0.25, 0.3) is 0 Å². The Morgan fingerprint density at radius 3 is 2.35 bits per heavy atom. The molecule has 0 heterocycles. The molecule has 0 radical (unpaired) electrons. The van der Waals surface area contributed by atoms with Crippen molar-refractivity contribution in [3.63, 3.8) is 0 Å². The largest absolute Gasteiger partial charge is 0.465 e. The Hall–Kier alpha value is -1.97. The first-order valence-electron chi connectivity index (χ1n) is 8.37. The second-order valence-corrected chi connectivity index (χ2v) is 7.88. The molecule has 0 aromatic heterocycles. The van der Waals surface area contributed by atoms with Crippen molar-refractivity contribution in [2.24, 2.45) is 11.7 Å². The number of carbonyl (C=O) groups is 2. The average molecular weight is 384 g/mol. The summed E-state index contributed by atoms with van der Waals surface area (Å²) in [5.41, 5.74) is 5.63. The lowest BCUT2D eigenvalue weighted by molar-refractivity contribution is 0.0583. The Morgan fingerprint density at radius 1 is 1.19 bits per heavy atom. The van der Waals surface area contributed by atoms with Crippen LogP contribution in [0.3, 0.4) is 0 Å². The lowest BCUT2D eigenvalue weighted by Crippen LogP contribution is -2.44. The third-order valence-electron chi connectivity index (χ3n) is 4.63. The van der Waals surface area contributed by atoms with Crippen molar-refractivity contribution in [1.29, 1.82) is 0 Å². The molecule has 0 spiro atoms. The zero-order chi connectivity index (χ0) is 19.3. The molecule has 1 aliphatic carbocycles. The van der Waals surface area contributed by atoms with Crippen LogP contribution >= 0.6 is 0 Å². The maximum absolute atomic E-state index is 12.9. The van der Waals surface area contributed by atoms with Gasteiger partial charge in [0.05, 0.1) is 30.2 Å². The predicted molar refractivity (Wildman–Crippen MR) is 94.2 cm³/mol. The molecule has 9 heteroatoms. The van der Waals surface area contributed by atoms with Crippen LogP contribution in [0.2, 0.25) is 0 Å². The summed E-state index contributed by atoms with van der Waals surface area (Å²) in [6, 6.07) is 3.23. The van der Waals surface area contributed by atoms with Crippen LogP contribution in [0.15, 0.2) is 23.1 Å². The van der Waals surface area contributed by atoms with E-state index in [0.717, 1.165) is 38.9 Å². The quantitative estimate of drug-likeness (QED) is 0.673. The Labute approximate surface area is 153 Å². The summed E-state index contributed by atoms with van der Waals surface area (Å²) in [6.45, 7) is 0.147. The molecule has 2 rings (SSSR count). The van der Waals surface area contributed by atoms with Crippen molar-refractivity contribution in [3.05, 3.63) is 29.3 Å². The monoisotopic (exact) mass is 384 g/mol. The molecule has 1 unspecified atom stereocenters. The first kappa shape index (κ1) is 20.3. The summed E-state index contributed by atoms with van der Waals surface area (Å²) in [7, 11) is -1.76. The van der Waals surface area contributed by atoms with Crippen molar-refractivity contribution >= 4 is 22.0 Å². The van der Waals surface area contributed by atoms with Gasteiger partial charge in [-0.2, -0.15) is 0 Å². The number of nitrogens with one attached hydrogen (secondary N) is 1. The van der Waals surface area contributed by atoms with Gasteiger partial charge in [0.2, 0.25) is 10.0 Å². The second-order valence-electron chi connectivity index (χ2n) is 6.20. The predicted octanol–water partition coefficient (Wildman–Crippen LogP) is 1.06. The van der Waals surface area contributed by atoms with Crippen molar-refractivity contribution < 1.29 is 27.5 Å². The Morgan fingerprint density at radius 2 is 1.81 bits per heavy atom. The average Bonchev–Trinajstić information content (AvgIpc) is 3.18. The maximum Gasteiger partial charge on any atom is 0.339 e. The van der Waals surface area contributed by atoms with E-state index in [1.54, 1.807) is 0 Å². The molecule has 1 aliphatic rings. The zero-order valence-electron chi connectivity index (χ0n) is 14.9. The highest BCUT2D eigenvalue weighted by Crippen LogP contribution is 2.29. The highest BCUT2D eigenvalue weighted by Gasteiger charge is 2.31. The number of esters is 2. The van der Waals surface area contributed by atoms with Crippen LogP contribution in [0.5, 0.6) is 0 Å². The van der Waals surface area contributed by atoms with Crippen LogP contribution < -0.4 is 10.5 Å². The minimum atomic E-state index is -4.10. The van der Waals surface area contributed by atoms with Gasteiger partial charge in [-0.15, -0.1) is 0 Å². The van der Waals surface area contributed by atoms with Crippen LogP contribution in [0.4, 0.5) is 0 Å². The van der Waals surface area contributed by atoms with Crippen LogP contribution in [-0.2, 0) is 19.5 Å². The lowest BCUT2D eigenvalue weighted by Gasteiger charge is -2.23. The van der Waals surface area contributed by atoms with E-state index >= 15 is 0 Å². The molecule has 0 amide bonds. The van der Waals surface area contributed by atoms with Gasteiger partial charge in [0.1, 0.15) is 0 Å². The topological polar surface area (TPSA) is 125 Å². The fourth-order valence-corrected chi connectivity index (χ4v) is 4.76. The summed E-state index contributed by atoms with van der Waals surface area (Å²) >= 11 is 0. The van der Waals surface area contributed by atoms with Gasteiger partial charge < -0.3 is 15.2 Å². The van der Waals surface area contributed by atoms with Gasteiger partial charge in [-0.05, 0) is 37.0 Å². The van der Waals surface area contributed by atoms with E-state index in [4.69, 9.17) is 5.73 Å². The van der Waals surface area contributed by atoms with Crippen LogP contribution in [0.25, 0.3) is 0 Å². The summed E-state index contributed by atoms with van der Waals surface area (Å²) in [6.07, 6.45) is 3.87. The molecule has 1 fully saturated rings. The standard InChI is InChI=1S/C17H24N2O6S/c1-24-16(20)12-7-8-13(17(21)25-2)15(9-12)26(22,23)19-14(10-18)11-5-3-4-6-11/h7-9,11,14,19H,3-6,10,18H2,1-2H3. The molecule has 1 atom stereocenters. The number of sulfonamides is 1. The molecule has 144 valence electrons. The van der Waals surface area contributed by atoms with Gasteiger partial charge in [-0.25, -0.2) is 22.7 Å². The highest BCUT2D eigenvalue weighted by atomic mass is 32.2. The molecule has 26 heavy (non-hydrogen) atoms. The van der Waals surface area contributed by atoms with Crippen molar-refractivity contribution in [1.82, 2.24) is 4.72 Å². The molecule has 0 aliphatic heterocycles. The molecule has 1 aromatic carbocycles. The summed E-state index contributed by atoms with van der Waals surface area (Å²) in [5, 5.41) is 0. The Balaban J connectivity index is 2.44. The van der Waals surface area contributed by atoms with E-state index in [-0.39, 0.29) is 28.5 Å². The van der Waals surface area contributed by atoms with Gasteiger partial charge in [0, 0.05) is 12.6 Å². The molecular formula is C17H24N2O6S. The number of hydrogen-bond acceptors (Lipinski definition) is 7. The highest BCUT2D eigenvalue weighted by molar-refractivity contribution is 7.89. The SMILES string of the molecule is COC(=O)c1ccc(C(=O)OC)c(S(=O)(=O)NC(CN)C2CCCC2)c1. The zero-order valence-corrected chi connectivity index (χ0v) is 15.7. The van der Waals surface area contributed by atoms with Crippen molar-refractivity contribution in [2.45, 2.75) is 36.6 Å². The first-order chi connectivity index (χ1) is 12.3. The Bertz CT molecular complexity index is 771. The van der Waals surface area contributed by atoms with E-state index in [1.165, 1.54) is 19.2 Å². The fourth-order valence-electron chi connectivity index (χ4n) is 3.23. The van der Waals surface area contributed by atoms with Crippen LogP contribution in [0, 0.1) is 5.92 Å². The second kappa shape index (κ2) is 8.61. The smallest absolute Gasteiger partial charge is 0.339 e. The molecule has 3 N–H and O–H groups in total. The molecule has 1 saturated carbocycles. The maximum atomic E-state index is 12.9. The number of rotatable bonds is 7. The van der Waals surface area contributed by atoms with E-state index in [0.29, 0.717) is 0 Å². The number of ether oxygens (including phenoxy) is 2. The fraction of sp³-hybridized carbons (Fsp3) is 0.529. The summed E-state index contributed by atoms with van der Waals surface area (Å²) < 4.78 is 37.7. The van der Waals surface area contributed by atoms with Gasteiger partial charge in [-0.3, -0.25) is 0 Å². The molecule has 8 nitrogen and oxygen atoms in total. The normalized spacial score (nSPS) is 16.3. The minimum Gasteiger partial charge on any atom is -0.465 e. The molecule has 0 bridgehead atoms. The molecular weight excluding hydrogens is 360 g/mol. The van der Waals surface area contributed by atoms with Crippen molar-refractivity contribution in [2.75, 3.05) is 20.8 Å². The van der Waals surface area contributed by atoms with E-state index in [9.17, 15) is 18.0 Å². The number of hydrogen-bond donors (Lipinski definition) is 2. The van der Waals surface area contributed by atoms with Crippen LogP contribution in [-0.4, -0.2) is 47.2 Å². The Kier molecular flexibility index (Phi) is 6.74. The number of methoxy groups -OCH3 is 2. The summed E-state index contributed by atoms with van der Waals surface area (Å²) in [5.74, 6) is -1.36. The van der Waals surface area contributed by atoms with E-state index in [1.807, 2.05) is 0 Å². The van der Waals surface area contributed by atoms with E-state index in [2.05, 4.69) is 14.2 Å². The van der Waals surface area contributed by atoms with Gasteiger partial charge in [0.15, 0.2) is 0 Å². The van der Waals surface area contributed by atoms with Gasteiger partial charge in [-0.1, -0.05) is 12.8 Å². The molecule has 1 aromatic rings. The molecule has 0 saturated heterocycles. The van der Waals surface area contributed by atoms with Gasteiger partial charge >= 0.3 is 11.9 Å². The summed E-state index contributed by atoms with van der Waals surface area (Å²) in [4.78, 5) is 23.4. The number of nitrogens with two attached hydrogens (primary N) is 1.